The number of hydrogen-bond donors (Lipinski definition) is 1. The molecule has 1 nitrogen and oxygen atoms in total. The number of hydrogen-bond acceptors (Lipinski definition) is 0. The number of nitrogens with one attached hydrogen (secondary N) is 1. The van der Waals surface area contributed by atoms with Crippen LogP contribution in [0.5, 0.6) is 0 Å². The van der Waals surface area contributed by atoms with Crippen molar-refractivity contribution in [3.63, 3.8) is 0 Å². The first-order valence-electron chi connectivity index (χ1n) is 8.39. The summed E-state index contributed by atoms with van der Waals surface area (Å²) in [5.41, 5.74) is 1.21. The van der Waals surface area contributed by atoms with Crippen LogP contribution in [0.25, 0.3) is 21.7 Å². The number of benzene rings is 3. The van der Waals surface area contributed by atoms with Crippen molar-refractivity contribution in [2.75, 3.05) is 0 Å². The minimum Gasteiger partial charge on any atom is -0.361 e. The highest BCUT2D eigenvalue weighted by atomic mass is 14.6. The van der Waals surface area contributed by atoms with Crippen LogP contribution in [0.15, 0.2) is 85.1 Å². The van der Waals surface area contributed by atoms with Crippen molar-refractivity contribution in [3.05, 3.63) is 85.1 Å². The van der Waals surface area contributed by atoms with Gasteiger partial charge in [0.1, 0.15) is 0 Å². The van der Waals surface area contributed by atoms with Crippen molar-refractivity contribution in [2.45, 2.75) is 27.7 Å². The Balaban J connectivity index is 0.000000190. The Morgan fingerprint density at radius 2 is 0.870 bits per heavy atom. The lowest BCUT2D eigenvalue weighted by Crippen LogP contribution is -1.67. The SMILES string of the molecule is CC.CC.c1ccc2[nH]ccc2c1.c1ccc2ccccc2c1. The Hall–Kier alpha value is -2.54. The number of aromatic nitrogens is 1. The highest BCUT2D eigenvalue weighted by Gasteiger charge is 1.87. The van der Waals surface area contributed by atoms with E-state index in [9.17, 15) is 0 Å². The Kier molecular flexibility index (Phi) is 8.92. The summed E-state index contributed by atoms with van der Waals surface area (Å²) in [4.78, 5) is 3.12. The molecule has 0 aliphatic carbocycles. The van der Waals surface area contributed by atoms with Gasteiger partial charge >= 0.3 is 0 Å². The van der Waals surface area contributed by atoms with Gasteiger partial charge in [-0.1, -0.05) is 94.4 Å². The van der Waals surface area contributed by atoms with Gasteiger partial charge in [0.25, 0.3) is 0 Å². The molecule has 0 unspecified atom stereocenters. The zero-order chi connectivity index (χ0) is 16.9. The summed E-state index contributed by atoms with van der Waals surface area (Å²) in [6, 6.07) is 27.0. The van der Waals surface area contributed by atoms with Crippen LogP contribution in [0.2, 0.25) is 0 Å². The van der Waals surface area contributed by atoms with Crippen LogP contribution in [0.1, 0.15) is 27.7 Å². The molecule has 0 atom stereocenters. The monoisotopic (exact) mass is 305 g/mol. The predicted octanol–water partition coefficient (Wildman–Crippen LogP) is 7.06. The van der Waals surface area contributed by atoms with Gasteiger partial charge in [0.05, 0.1) is 0 Å². The lowest BCUT2D eigenvalue weighted by Gasteiger charge is -1.92. The normalized spacial score (nSPS) is 8.87. The average molecular weight is 305 g/mol. The van der Waals surface area contributed by atoms with E-state index < -0.39 is 0 Å². The van der Waals surface area contributed by atoms with Crippen molar-refractivity contribution < 1.29 is 0 Å². The van der Waals surface area contributed by atoms with Gasteiger partial charge in [0.15, 0.2) is 0 Å². The summed E-state index contributed by atoms with van der Waals surface area (Å²) in [7, 11) is 0. The van der Waals surface area contributed by atoms with Crippen molar-refractivity contribution >= 4 is 21.7 Å². The van der Waals surface area contributed by atoms with Gasteiger partial charge < -0.3 is 4.98 Å². The number of H-pyrrole nitrogens is 1. The zero-order valence-electron chi connectivity index (χ0n) is 14.6. The van der Waals surface area contributed by atoms with E-state index in [4.69, 9.17) is 0 Å². The second-order valence-corrected chi connectivity index (χ2v) is 4.41. The van der Waals surface area contributed by atoms with Crippen molar-refractivity contribution in [3.8, 4) is 0 Å². The van der Waals surface area contributed by atoms with E-state index in [1.165, 1.54) is 21.7 Å². The minimum absolute atomic E-state index is 1.21. The maximum Gasteiger partial charge on any atom is 0.0453 e. The average Bonchev–Trinajstić information content (AvgIpc) is 3.14. The number of rotatable bonds is 0. The van der Waals surface area contributed by atoms with Gasteiger partial charge in [0, 0.05) is 11.7 Å². The Bertz CT molecular complexity index is 688. The first-order valence-corrected chi connectivity index (χ1v) is 8.39. The molecule has 0 spiro atoms. The molecule has 4 aromatic rings. The molecule has 0 saturated carbocycles. The summed E-state index contributed by atoms with van der Waals surface area (Å²) >= 11 is 0. The summed E-state index contributed by atoms with van der Waals surface area (Å²) in [6.07, 6.45) is 1.95. The smallest absolute Gasteiger partial charge is 0.0453 e. The third kappa shape index (κ3) is 5.63. The summed E-state index contributed by atoms with van der Waals surface area (Å²) in [5.74, 6) is 0. The lowest BCUT2D eigenvalue weighted by atomic mass is 10.1. The van der Waals surface area contributed by atoms with Gasteiger partial charge in [-0.25, -0.2) is 0 Å². The maximum absolute atomic E-state index is 3.12. The van der Waals surface area contributed by atoms with Crippen LogP contribution >= 0.6 is 0 Å². The third-order valence-corrected chi connectivity index (χ3v) is 3.12. The van der Waals surface area contributed by atoms with Gasteiger partial charge in [0.2, 0.25) is 0 Å². The van der Waals surface area contributed by atoms with E-state index in [1.807, 2.05) is 46.0 Å². The van der Waals surface area contributed by atoms with E-state index in [0.717, 1.165) is 0 Å². The molecule has 3 aromatic carbocycles. The molecular weight excluding hydrogens is 278 g/mol. The lowest BCUT2D eigenvalue weighted by molar-refractivity contribution is 1.48. The summed E-state index contributed by atoms with van der Waals surface area (Å²) in [5, 5.41) is 3.90. The standard InChI is InChI=1S/C10H8.C8H7N.2C2H6/c1-2-6-10-8-4-3-7-9(10)5-1;1-2-4-8-7(3-1)5-6-9-8;2*1-2/h1-8H;1-6,9H;2*1-2H3. The number of para-hydroxylation sites is 1. The van der Waals surface area contributed by atoms with E-state index in [-0.39, 0.29) is 0 Å². The largest absolute Gasteiger partial charge is 0.361 e. The molecule has 0 amide bonds. The first kappa shape index (κ1) is 18.5. The van der Waals surface area contributed by atoms with E-state index in [0.29, 0.717) is 0 Å². The Morgan fingerprint density at radius 3 is 1.30 bits per heavy atom. The van der Waals surface area contributed by atoms with Crippen molar-refractivity contribution in [1.82, 2.24) is 4.98 Å². The molecule has 120 valence electrons. The summed E-state index contributed by atoms with van der Waals surface area (Å²) in [6.45, 7) is 8.00. The number of aromatic amines is 1. The summed E-state index contributed by atoms with van der Waals surface area (Å²) < 4.78 is 0. The fourth-order valence-electron chi connectivity index (χ4n) is 2.13. The van der Waals surface area contributed by atoms with Crippen LogP contribution in [0, 0.1) is 0 Å². The molecule has 0 radical (unpaired) electrons. The molecule has 1 N–H and O–H groups in total. The number of fused-ring (bicyclic) bond motifs is 2. The molecule has 0 aliphatic rings. The van der Waals surface area contributed by atoms with Gasteiger partial charge in [-0.05, 0) is 28.3 Å². The van der Waals surface area contributed by atoms with Crippen LogP contribution in [0.3, 0.4) is 0 Å². The van der Waals surface area contributed by atoms with Crippen LogP contribution < -0.4 is 0 Å². The molecular formula is C22H27N. The molecule has 1 heteroatoms. The molecule has 1 aromatic heterocycles. The quantitative estimate of drug-likeness (QED) is 0.358. The van der Waals surface area contributed by atoms with Crippen LogP contribution in [0.4, 0.5) is 0 Å². The van der Waals surface area contributed by atoms with Gasteiger partial charge in [-0.2, -0.15) is 0 Å². The van der Waals surface area contributed by atoms with Crippen molar-refractivity contribution in [1.29, 1.82) is 0 Å². The second kappa shape index (κ2) is 11.1. The first-order chi connectivity index (χ1) is 11.4. The molecule has 23 heavy (non-hydrogen) atoms. The maximum atomic E-state index is 3.12. The third-order valence-electron chi connectivity index (χ3n) is 3.12. The zero-order valence-corrected chi connectivity index (χ0v) is 14.6. The van der Waals surface area contributed by atoms with E-state index in [1.54, 1.807) is 0 Å². The Labute approximate surface area is 140 Å². The molecule has 0 saturated heterocycles. The predicted molar refractivity (Wildman–Crippen MR) is 105 cm³/mol. The van der Waals surface area contributed by atoms with Crippen LogP contribution in [-0.4, -0.2) is 4.98 Å². The second-order valence-electron chi connectivity index (χ2n) is 4.41. The molecule has 0 aliphatic heterocycles. The highest BCUT2D eigenvalue weighted by molar-refractivity contribution is 5.82. The topological polar surface area (TPSA) is 15.8 Å². The van der Waals surface area contributed by atoms with E-state index in [2.05, 4.69) is 71.7 Å². The molecule has 1 heterocycles. The van der Waals surface area contributed by atoms with Gasteiger partial charge in [-0.15, -0.1) is 0 Å². The van der Waals surface area contributed by atoms with E-state index >= 15 is 0 Å². The van der Waals surface area contributed by atoms with Crippen LogP contribution in [-0.2, 0) is 0 Å². The molecule has 4 rings (SSSR count). The fourth-order valence-corrected chi connectivity index (χ4v) is 2.13. The molecule has 0 bridgehead atoms. The van der Waals surface area contributed by atoms with Gasteiger partial charge in [-0.3, -0.25) is 0 Å². The minimum atomic E-state index is 1.21. The highest BCUT2D eigenvalue weighted by Crippen LogP contribution is 2.11. The fraction of sp³-hybridized carbons (Fsp3) is 0.182. The van der Waals surface area contributed by atoms with Crippen molar-refractivity contribution in [2.24, 2.45) is 0 Å². The molecule has 0 fully saturated rings. The Morgan fingerprint density at radius 1 is 0.478 bits per heavy atom.